The molecule has 4 nitrogen and oxygen atoms in total. The van der Waals surface area contributed by atoms with Crippen molar-refractivity contribution in [2.75, 3.05) is 11.4 Å². The van der Waals surface area contributed by atoms with Crippen LogP contribution in [-0.4, -0.2) is 18.2 Å². The number of nitrogens with zero attached hydrogens (tertiary/aromatic N) is 2. The first-order valence-corrected chi connectivity index (χ1v) is 12.4. The number of carbonyl (C=O) groups excluding carboxylic acids is 2. The summed E-state index contributed by atoms with van der Waals surface area (Å²) in [6, 6.07) is 27.9. The Labute approximate surface area is 213 Å². The monoisotopic (exact) mass is 477 g/mol. The van der Waals surface area contributed by atoms with E-state index in [4.69, 9.17) is 0 Å². The standard InChI is InChI=1S/C32H33N2O2/c1-24-16-17-29(21-25(24)2)32(36)34(30-14-8-5-9-15-30)19-10-13-28-18-20-33(23-31(28)26(3)35)22-27-11-6-4-7-12-27/h4-9,11-12,14-18,20-21,23H,10,13,19,22H2,1-3H3/q+1. The predicted molar refractivity (Wildman–Crippen MR) is 145 cm³/mol. The van der Waals surface area contributed by atoms with E-state index in [9.17, 15) is 9.59 Å². The molecule has 0 atom stereocenters. The second-order valence-corrected chi connectivity index (χ2v) is 9.29. The molecule has 182 valence electrons. The molecule has 36 heavy (non-hydrogen) atoms. The summed E-state index contributed by atoms with van der Waals surface area (Å²) in [5.74, 6) is 0.0448. The van der Waals surface area contributed by atoms with Crippen molar-refractivity contribution in [1.82, 2.24) is 0 Å². The highest BCUT2D eigenvalue weighted by Gasteiger charge is 2.19. The zero-order valence-electron chi connectivity index (χ0n) is 21.3. The van der Waals surface area contributed by atoms with E-state index in [-0.39, 0.29) is 11.7 Å². The van der Waals surface area contributed by atoms with Gasteiger partial charge < -0.3 is 4.90 Å². The van der Waals surface area contributed by atoms with Gasteiger partial charge in [-0.25, -0.2) is 4.57 Å². The lowest BCUT2D eigenvalue weighted by Crippen LogP contribution is -2.35. The van der Waals surface area contributed by atoms with Gasteiger partial charge in [-0.2, -0.15) is 0 Å². The SMILES string of the molecule is CC(=O)c1c[n+](Cc2ccccc2)ccc1CCCN(C(=O)c1ccc(C)c(C)c1)c1ccccc1. The van der Waals surface area contributed by atoms with Crippen LogP contribution in [-0.2, 0) is 13.0 Å². The normalized spacial score (nSPS) is 10.8. The molecule has 0 aliphatic heterocycles. The lowest BCUT2D eigenvalue weighted by atomic mass is 10.0. The highest BCUT2D eigenvalue weighted by molar-refractivity contribution is 6.06. The topological polar surface area (TPSA) is 41.3 Å². The van der Waals surface area contributed by atoms with E-state index in [2.05, 4.69) is 23.6 Å². The molecule has 1 aromatic heterocycles. The van der Waals surface area contributed by atoms with E-state index < -0.39 is 0 Å². The van der Waals surface area contributed by atoms with Crippen LogP contribution >= 0.6 is 0 Å². The van der Waals surface area contributed by atoms with Gasteiger partial charge in [0.1, 0.15) is 0 Å². The Morgan fingerprint density at radius 1 is 0.833 bits per heavy atom. The first kappa shape index (κ1) is 25.1. The summed E-state index contributed by atoms with van der Waals surface area (Å²) in [5.41, 5.74) is 6.78. The highest BCUT2D eigenvalue weighted by Crippen LogP contribution is 2.20. The van der Waals surface area contributed by atoms with Crippen LogP contribution < -0.4 is 9.47 Å². The largest absolute Gasteiger partial charge is 0.308 e. The van der Waals surface area contributed by atoms with Gasteiger partial charge in [0.05, 0.1) is 5.56 Å². The molecule has 0 unspecified atom stereocenters. The Morgan fingerprint density at radius 3 is 2.19 bits per heavy atom. The lowest BCUT2D eigenvalue weighted by molar-refractivity contribution is -0.688. The van der Waals surface area contributed by atoms with Crippen LogP contribution in [0.2, 0.25) is 0 Å². The summed E-state index contributed by atoms with van der Waals surface area (Å²) in [4.78, 5) is 27.8. The number of benzene rings is 3. The van der Waals surface area contributed by atoms with E-state index in [1.807, 2.05) is 97.0 Å². The maximum atomic E-state index is 13.5. The van der Waals surface area contributed by atoms with Gasteiger partial charge in [0.25, 0.3) is 5.91 Å². The molecule has 0 aliphatic rings. The number of carbonyl (C=O) groups is 2. The Hall–Kier alpha value is -4.05. The number of para-hydroxylation sites is 1. The molecule has 0 radical (unpaired) electrons. The van der Waals surface area contributed by atoms with Gasteiger partial charge in [-0.15, -0.1) is 0 Å². The van der Waals surface area contributed by atoms with Crippen LogP contribution in [0.4, 0.5) is 5.69 Å². The van der Waals surface area contributed by atoms with E-state index in [0.29, 0.717) is 25.1 Å². The molecule has 1 amide bonds. The minimum Gasteiger partial charge on any atom is -0.308 e. The number of hydrogen-bond donors (Lipinski definition) is 0. The van der Waals surface area contributed by atoms with E-state index in [1.165, 1.54) is 11.1 Å². The number of rotatable bonds is 9. The molecule has 0 fully saturated rings. The molecule has 4 rings (SSSR count). The van der Waals surface area contributed by atoms with E-state index in [1.54, 1.807) is 6.92 Å². The second kappa shape index (κ2) is 11.6. The quantitative estimate of drug-likeness (QED) is 0.215. The van der Waals surface area contributed by atoms with Gasteiger partial charge in [0.15, 0.2) is 24.7 Å². The smallest absolute Gasteiger partial charge is 0.258 e. The van der Waals surface area contributed by atoms with Gasteiger partial charge in [-0.3, -0.25) is 9.59 Å². The van der Waals surface area contributed by atoms with Crippen molar-refractivity contribution in [2.24, 2.45) is 0 Å². The molecule has 0 saturated heterocycles. The second-order valence-electron chi connectivity index (χ2n) is 9.29. The fraction of sp³-hybridized carbons (Fsp3) is 0.219. The van der Waals surface area contributed by atoms with Crippen LogP contribution in [0.25, 0.3) is 0 Å². The predicted octanol–water partition coefficient (Wildman–Crippen LogP) is 6.12. The summed E-state index contributed by atoms with van der Waals surface area (Å²) < 4.78 is 2.05. The number of hydrogen-bond acceptors (Lipinski definition) is 2. The van der Waals surface area contributed by atoms with Gasteiger partial charge in [0.2, 0.25) is 0 Å². The maximum Gasteiger partial charge on any atom is 0.258 e. The molecule has 1 heterocycles. The van der Waals surface area contributed by atoms with Gasteiger partial charge >= 0.3 is 0 Å². The van der Waals surface area contributed by atoms with Gasteiger partial charge in [-0.1, -0.05) is 54.6 Å². The summed E-state index contributed by atoms with van der Waals surface area (Å²) in [6.45, 7) is 6.97. The molecule has 4 aromatic rings. The van der Waals surface area contributed by atoms with Crippen molar-refractivity contribution in [1.29, 1.82) is 0 Å². The first-order chi connectivity index (χ1) is 17.4. The van der Waals surface area contributed by atoms with Crippen molar-refractivity contribution in [2.45, 2.75) is 40.2 Å². The Balaban J connectivity index is 1.51. The van der Waals surface area contributed by atoms with Gasteiger partial charge in [0, 0.05) is 29.4 Å². The highest BCUT2D eigenvalue weighted by atomic mass is 16.2. The number of aryl methyl sites for hydroxylation is 3. The number of Topliss-reactive ketones (excluding diaryl/α,β-unsaturated/α-hetero) is 1. The summed E-state index contributed by atoms with van der Waals surface area (Å²) >= 11 is 0. The number of ketones is 1. The van der Waals surface area contributed by atoms with Crippen LogP contribution in [0.15, 0.2) is 97.3 Å². The minimum atomic E-state index is -0.00939. The van der Waals surface area contributed by atoms with Crippen molar-refractivity contribution in [3.8, 4) is 0 Å². The Kier molecular flexibility index (Phi) is 8.06. The fourth-order valence-corrected chi connectivity index (χ4v) is 4.41. The summed E-state index contributed by atoms with van der Waals surface area (Å²) in [7, 11) is 0. The molecule has 4 heteroatoms. The average Bonchev–Trinajstić information content (AvgIpc) is 2.89. The van der Waals surface area contributed by atoms with Crippen LogP contribution in [0, 0.1) is 13.8 Å². The average molecular weight is 478 g/mol. The molecule has 0 aliphatic carbocycles. The zero-order chi connectivity index (χ0) is 25.5. The Bertz CT molecular complexity index is 1350. The zero-order valence-corrected chi connectivity index (χ0v) is 21.3. The van der Waals surface area contributed by atoms with Crippen LogP contribution in [0.5, 0.6) is 0 Å². The third-order valence-electron chi connectivity index (χ3n) is 6.59. The summed E-state index contributed by atoms with van der Waals surface area (Å²) in [6.07, 6.45) is 5.43. The molecule has 3 aromatic carbocycles. The maximum absolute atomic E-state index is 13.5. The minimum absolute atomic E-state index is 0.00939. The van der Waals surface area contributed by atoms with Crippen LogP contribution in [0.3, 0.4) is 0 Å². The lowest BCUT2D eigenvalue weighted by Gasteiger charge is -2.23. The third kappa shape index (κ3) is 6.14. The number of pyridine rings is 1. The van der Waals surface area contributed by atoms with Crippen molar-refractivity contribution in [3.63, 3.8) is 0 Å². The molecule has 0 spiro atoms. The number of aromatic nitrogens is 1. The first-order valence-electron chi connectivity index (χ1n) is 12.4. The fourth-order valence-electron chi connectivity index (χ4n) is 4.41. The van der Waals surface area contributed by atoms with Crippen molar-refractivity contribution in [3.05, 3.63) is 131 Å². The number of amides is 1. The molecular formula is C32H33N2O2+. The van der Waals surface area contributed by atoms with Gasteiger partial charge in [-0.05, 0) is 74.6 Å². The molecule has 0 bridgehead atoms. The van der Waals surface area contributed by atoms with E-state index in [0.717, 1.165) is 28.8 Å². The Morgan fingerprint density at radius 2 is 1.53 bits per heavy atom. The van der Waals surface area contributed by atoms with Crippen LogP contribution in [0.1, 0.15) is 56.3 Å². The third-order valence-corrected chi connectivity index (χ3v) is 6.59. The van der Waals surface area contributed by atoms with Crippen molar-refractivity contribution >= 4 is 17.4 Å². The van der Waals surface area contributed by atoms with Crippen molar-refractivity contribution < 1.29 is 14.2 Å². The van der Waals surface area contributed by atoms with E-state index >= 15 is 0 Å². The summed E-state index contributed by atoms with van der Waals surface area (Å²) in [5, 5.41) is 0. The molecule has 0 N–H and O–H groups in total. The molecule has 0 saturated carbocycles. The number of anilines is 1. The molecular weight excluding hydrogens is 444 g/mol.